The number of hydrogen-bond acceptors (Lipinski definition) is 4. The van der Waals surface area contributed by atoms with Crippen LogP contribution < -0.4 is 5.32 Å². The average Bonchev–Trinajstić information content (AvgIpc) is 2.75. The molecule has 2 atom stereocenters. The van der Waals surface area contributed by atoms with E-state index in [1.807, 2.05) is 6.92 Å². The van der Waals surface area contributed by atoms with Gasteiger partial charge in [0.05, 0.1) is 7.11 Å². The van der Waals surface area contributed by atoms with Crippen molar-refractivity contribution >= 4 is 11.9 Å². The second-order valence-corrected chi connectivity index (χ2v) is 4.98. The van der Waals surface area contributed by atoms with Gasteiger partial charge in [-0.1, -0.05) is 6.92 Å². The molecule has 0 aromatic heterocycles. The van der Waals surface area contributed by atoms with E-state index in [2.05, 4.69) is 22.0 Å². The summed E-state index contributed by atoms with van der Waals surface area (Å²) in [5.74, 6) is -0.666. The van der Waals surface area contributed by atoms with Gasteiger partial charge in [-0.25, -0.2) is 0 Å². The standard InChI is InChI=1S/C13H24N2O3/c1-4-11(13(17)18-3)12(16)14-7-5-10-6-8-15(2)9-10/h10-11H,4-9H2,1-3H3,(H,14,16). The van der Waals surface area contributed by atoms with Crippen molar-refractivity contribution in [3.8, 4) is 0 Å². The first kappa shape index (κ1) is 15.0. The Morgan fingerprint density at radius 3 is 2.72 bits per heavy atom. The quantitative estimate of drug-likeness (QED) is 0.560. The maximum atomic E-state index is 11.8. The monoisotopic (exact) mass is 256 g/mol. The van der Waals surface area contributed by atoms with Crippen molar-refractivity contribution in [1.82, 2.24) is 10.2 Å². The van der Waals surface area contributed by atoms with E-state index in [1.165, 1.54) is 13.5 Å². The third kappa shape index (κ3) is 4.29. The molecule has 2 unspecified atom stereocenters. The molecule has 104 valence electrons. The molecular weight excluding hydrogens is 232 g/mol. The van der Waals surface area contributed by atoms with Crippen molar-refractivity contribution in [2.75, 3.05) is 33.8 Å². The number of nitrogens with zero attached hydrogens (tertiary/aromatic N) is 1. The molecular formula is C13H24N2O3. The maximum Gasteiger partial charge on any atom is 0.318 e. The van der Waals surface area contributed by atoms with Gasteiger partial charge in [-0.15, -0.1) is 0 Å². The largest absolute Gasteiger partial charge is 0.468 e. The van der Waals surface area contributed by atoms with Gasteiger partial charge in [0.2, 0.25) is 5.91 Å². The Kier molecular flexibility index (Phi) is 6.12. The Morgan fingerprint density at radius 1 is 1.50 bits per heavy atom. The Labute approximate surface area is 109 Å². The van der Waals surface area contributed by atoms with Crippen LogP contribution in [0.4, 0.5) is 0 Å². The van der Waals surface area contributed by atoms with E-state index in [0.29, 0.717) is 18.9 Å². The topological polar surface area (TPSA) is 58.6 Å². The molecule has 0 bridgehead atoms. The molecule has 1 rings (SSSR count). The van der Waals surface area contributed by atoms with Crippen LogP contribution in [0, 0.1) is 11.8 Å². The Hall–Kier alpha value is -1.10. The fourth-order valence-electron chi connectivity index (χ4n) is 2.39. The summed E-state index contributed by atoms with van der Waals surface area (Å²) in [7, 11) is 3.43. The number of likely N-dealkylation sites (tertiary alicyclic amines) is 1. The van der Waals surface area contributed by atoms with E-state index in [-0.39, 0.29) is 5.91 Å². The van der Waals surface area contributed by atoms with Gasteiger partial charge in [0, 0.05) is 13.1 Å². The lowest BCUT2D eigenvalue weighted by Gasteiger charge is -2.14. The first-order valence-corrected chi connectivity index (χ1v) is 6.62. The summed E-state index contributed by atoms with van der Waals surface area (Å²) in [6.45, 7) is 4.69. The van der Waals surface area contributed by atoms with E-state index in [4.69, 9.17) is 0 Å². The molecule has 0 radical (unpaired) electrons. The van der Waals surface area contributed by atoms with Gasteiger partial charge < -0.3 is 15.0 Å². The molecule has 1 aliphatic rings. The van der Waals surface area contributed by atoms with Gasteiger partial charge in [-0.05, 0) is 38.8 Å². The van der Waals surface area contributed by atoms with Crippen LogP contribution in [0.1, 0.15) is 26.2 Å². The Morgan fingerprint density at radius 2 is 2.22 bits per heavy atom. The van der Waals surface area contributed by atoms with E-state index in [9.17, 15) is 9.59 Å². The number of rotatable bonds is 6. The van der Waals surface area contributed by atoms with Crippen LogP contribution in [0.2, 0.25) is 0 Å². The molecule has 1 fully saturated rings. The van der Waals surface area contributed by atoms with Crippen LogP contribution >= 0.6 is 0 Å². The summed E-state index contributed by atoms with van der Waals surface area (Å²) < 4.78 is 4.61. The summed E-state index contributed by atoms with van der Waals surface area (Å²) in [5.41, 5.74) is 0. The highest BCUT2D eigenvalue weighted by Gasteiger charge is 2.25. The Bertz CT molecular complexity index is 294. The summed E-state index contributed by atoms with van der Waals surface area (Å²) in [5, 5.41) is 2.83. The molecule has 5 heteroatoms. The predicted octanol–water partition coefficient (Wildman–Crippen LogP) is 0.644. The highest BCUT2D eigenvalue weighted by atomic mass is 16.5. The first-order chi connectivity index (χ1) is 8.58. The zero-order valence-electron chi connectivity index (χ0n) is 11.6. The second kappa shape index (κ2) is 7.36. The molecule has 0 aromatic carbocycles. The van der Waals surface area contributed by atoms with Crippen LogP contribution in [-0.2, 0) is 14.3 Å². The van der Waals surface area contributed by atoms with Gasteiger partial charge in [0.25, 0.3) is 0 Å². The smallest absolute Gasteiger partial charge is 0.318 e. The Balaban J connectivity index is 2.25. The molecule has 18 heavy (non-hydrogen) atoms. The molecule has 5 nitrogen and oxygen atoms in total. The molecule has 1 N–H and O–H groups in total. The maximum absolute atomic E-state index is 11.8. The molecule has 0 aromatic rings. The zero-order valence-corrected chi connectivity index (χ0v) is 11.6. The minimum atomic E-state index is -0.666. The fourth-order valence-corrected chi connectivity index (χ4v) is 2.39. The van der Waals surface area contributed by atoms with Crippen molar-refractivity contribution in [2.24, 2.45) is 11.8 Å². The van der Waals surface area contributed by atoms with Crippen LogP contribution in [0.25, 0.3) is 0 Å². The van der Waals surface area contributed by atoms with Crippen LogP contribution in [0.5, 0.6) is 0 Å². The molecule has 0 spiro atoms. The summed E-state index contributed by atoms with van der Waals surface area (Å²) in [6.07, 6.45) is 2.65. The van der Waals surface area contributed by atoms with Crippen molar-refractivity contribution in [3.63, 3.8) is 0 Å². The number of amides is 1. The van der Waals surface area contributed by atoms with Crippen LogP contribution in [0.3, 0.4) is 0 Å². The van der Waals surface area contributed by atoms with Crippen molar-refractivity contribution in [2.45, 2.75) is 26.2 Å². The van der Waals surface area contributed by atoms with Gasteiger partial charge in [0.15, 0.2) is 0 Å². The number of carbonyl (C=O) groups is 2. The van der Waals surface area contributed by atoms with Crippen molar-refractivity contribution in [3.05, 3.63) is 0 Å². The number of hydrogen-bond donors (Lipinski definition) is 1. The highest BCUT2D eigenvalue weighted by molar-refractivity contribution is 5.97. The van der Waals surface area contributed by atoms with Crippen molar-refractivity contribution < 1.29 is 14.3 Å². The normalized spacial score (nSPS) is 21.6. The van der Waals surface area contributed by atoms with E-state index < -0.39 is 11.9 Å². The summed E-state index contributed by atoms with van der Waals surface area (Å²) >= 11 is 0. The zero-order chi connectivity index (χ0) is 13.5. The van der Waals surface area contributed by atoms with Gasteiger partial charge in [-0.3, -0.25) is 9.59 Å². The van der Waals surface area contributed by atoms with Gasteiger partial charge in [0.1, 0.15) is 5.92 Å². The van der Waals surface area contributed by atoms with E-state index >= 15 is 0 Å². The van der Waals surface area contributed by atoms with E-state index in [0.717, 1.165) is 19.5 Å². The number of esters is 1. The lowest BCUT2D eigenvalue weighted by Crippen LogP contribution is -2.36. The van der Waals surface area contributed by atoms with Crippen molar-refractivity contribution in [1.29, 1.82) is 0 Å². The number of nitrogens with one attached hydrogen (secondary N) is 1. The lowest BCUT2D eigenvalue weighted by atomic mass is 10.0. The lowest BCUT2D eigenvalue weighted by molar-refractivity contribution is -0.150. The highest BCUT2D eigenvalue weighted by Crippen LogP contribution is 2.17. The first-order valence-electron chi connectivity index (χ1n) is 6.62. The number of carbonyl (C=O) groups excluding carboxylic acids is 2. The molecule has 1 saturated heterocycles. The molecule has 0 aliphatic carbocycles. The molecule has 0 saturated carbocycles. The molecule has 1 aliphatic heterocycles. The number of ether oxygens (including phenoxy) is 1. The molecule has 1 heterocycles. The predicted molar refractivity (Wildman–Crippen MR) is 69.0 cm³/mol. The number of methoxy groups -OCH3 is 1. The average molecular weight is 256 g/mol. The van der Waals surface area contributed by atoms with E-state index in [1.54, 1.807) is 0 Å². The second-order valence-electron chi connectivity index (χ2n) is 4.98. The van der Waals surface area contributed by atoms with Crippen LogP contribution in [-0.4, -0.2) is 50.6 Å². The SMILES string of the molecule is CCC(C(=O)NCCC1CCN(C)C1)C(=O)OC. The summed E-state index contributed by atoms with van der Waals surface area (Å²) in [4.78, 5) is 25.4. The third-order valence-electron chi connectivity index (χ3n) is 3.55. The van der Waals surface area contributed by atoms with Gasteiger partial charge >= 0.3 is 5.97 Å². The summed E-state index contributed by atoms with van der Waals surface area (Å²) in [6, 6.07) is 0. The minimum Gasteiger partial charge on any atom is -0.468 e. The minimum absolute atomic E-state index is 0.212. The van der Waals surface area contributed by atoms with Crippen LogP contribution in [0.15, 0.2) is 0 Å². The third-order valence-corrected chi connectivity index (χ3v) is 3.55. The van der Waals surface area contributed by atoms with Gasteiger partial charge in [-0.2, -0.15) is 0 Å². The molecule has 1 amide bonds. The fraction of sp³-hybridized carbons (Fsp3) is 0.846.